The smallest absolute Gasteiger partial charge is 0.260 e. The number of hydrogen-bond acceptors (Lipinski definition) is 5. The highest BCUT2D eigenvalue weighted by Gasteiger charge is 2.22. The quantitative estimate of drug-likeness (QED) is 0.312. The van der Waals surface area contributed by atoms with Crippen LogP contribution in [-0.2, 0) is 14.8 Å². The van der Waals surface area contributed by atoms with Gasteiger partial charge in [0.2, 0.25) is 10.0 Å². The molecule has 1 aromatic heterocycles. The molecule has 186 valence electrons. The molecule has 0 saturated heterocycles. The molecule has 35 heavy (non-hydrogen) atoms. The van der Waals surface area contributed by atoms with Gasteiger partial charge in [-0.3, -0.25) is 9.10 Å². The summed E-state index contributed by atoms with van der Waals surface area (Å²) in [4.78, 5) is 12.5. The van der Waals surface area contributed by atoms with Crippen LogP contribution in [0, 0.1) is 13.8 Å². The van der Waals surface area contributed by atoms with Gasteiger partial charge in [0.1, 0.15) is 12.3 Å². The van der Waals surface area contributed by atoms with Crippen LogP contribution in [0.4, 0.5) is 5.69 Å². The maximum Gasteiger partial charge on any atom is 0.260 e. The van der Waals surface area contributed by atoms with Gasteiger partial charge in [-0.2, -0.15) is 5.10 Å². The van der Waals surface area contributed by atoms with Crippen molar-refractivity contribution in [2.75, 3.05) is 24.2 Å². The van der Waals surface area contributed by atoms with E-state index in [1.54, 1.807) is 12.1 Å². The minimum Gasteiger partial charge on any atom is -0.495 e. The van der Waals surface area contributed by atoms with Gasteiger partial charge in [0.25, 0.3) is 5.91 Å². The Bertz CT molecular complexity index is 1400. The summed E-state index contributed by atoms with van der Waals surface area (Å²) in [6, 6.07) is 11.7. The number of hydrazone groups is 1. The van der Waals surface area contributed by atoms with Crippen LogP contribution in [0.15, 0.2) is 47.6 Å². The van der Waals surface area contributed by atoms with E-state index in [-0.39, 0.29) is 10.7 Å². The second kappa shape index (κ2) is 10.9. The molecule has 0 unspecified atom stereocenters. The molecule has 0 atom stereocenters. The number of nitrogens with one attached hydrogen (secondary N) is 1. The molecule has 1 heterocycles. The number of methoxy groups -OCH3 is 1. The molecule has 8 nitrogen and oxygen atoms in total. The zero-order valence-electron chi connectivity index (χ0n) is 19.3. The van der Waals surface area contributed by atoms with Crippen molar-refractivity contribution in [3.63, 3.8) is 0 Å². The first-order valence-corrected chi connectivity index (χ1v) is 13.2. The van der Waals surface area contributed by atoms with Crippen LogP contribution in [0.5, 0.6) is 5.75 Å². The molecule has 0 aliphatic carbocycles. The number of halogens is 3. The Morgan fingerprint density at radius 2 is 1.86 bits per heavy atom. The summed E-state index contributed by atoms with van der Waals surface area (Å²) in [5, 5.41) is 5.08. The van der Waals surface area contributed by atoms with E-state index >= 15 is 0 Å². The van der Waals surface area contributed by atoms with Crippen LogP contribution in [0.2, 0.25) is 15.1 Å². The van der Waals surface area contributed by atoms with Gasteiger partial charge in [-0.25, -0.2) is 13.8 Å². The molecule has 3 aromatic rings. The van der Waals surface area contributed by atoms with Crippen molar-refractivity contribution in [3.05, 3.63) is 74.5 Å². The summed E-state index contributed by atoms with van der Waals surface area (Å²) in [6.45, 7) is 3.30. The third-order valence-electron chi connectivity index (χ3n) is 5.15. The summed E-state index contributed by atoms with van der Waals surface area (Å²) in [7, 11) is -2.33. The van der Waals surface area contributed by atoms with Crippen molar-refractivity contribution >= 4 is 62.6 Å². The molecule has 0 radical (unpaired) electrons. The predicted octanol–water partition coefficient (Wildman–Crippen LogP) is 4.98. The van der Waals surface area contributed by atoms with Crippen molar-refractivity contribution < 1.29 is 17.9 Å². The van der Waals surface area contributed by atoms with Crippen molar-refractivity contribution in [1.82, 2.24) is 9.99 Å². The van der Waals surface area contributed by atoms with Gasteiger partial charge in [-0.05, 0) is 50.2 Å². The van der Waals surface area contributed by atoms with Crippen LogP contribution in [-0.4, -0.2) is 45.0 Å². The number of sulfonamides is 1. The Hall–Kier alpha value is -2.72. The molecule has 0 saturated carbocycles. The number of rotatable bonds is 8. The maximum atomic E-state index is 12.5. The average molecular weight is 558 g/mol. The van der Waals surface area contributed by atoms with Gasteiger partial charge in [0.05, 0.1) is 46.0 Å². The van der Waals surface area contributed by atoms with E-state index in [1.165, 1.54) is 31.5 Å². The number of carbonyl (C=O) groups is 1. The molecule has 2 aromatic carbocycles. The first-order valence-electron chi connectivity index (χ1n) is 10.2. The summed E-state index contributed by atoms with van der Waals surface area (Å²) >= 11 is 18.6. The first-order chi connectivity index (χ1) is 16.4. The number of hydrogen-bond donors (Lipinski definition) is 1. The number of aryl methyl sites for hydroxylation is 1. The summed E-state index contributed by atoms with van der Waals surface area (Å²) in [5.41, 5.74) is 5.76. The van der Waals surface area contributed by atoms with E-state index in [4.69, 9.17) is 39.5 Å². The van der Waals surface area contributed by atoms with E-state index in [9.17, 15) is 13.2 Å². The molecule has 1 amide bonds. The molecule has 0 spiro atoms. The number of nitrogens with zero attached hydrogens (tertiary/aromatic N) is 3. The molecule has 12 heteroatoms. The first kappa shape index (κ1) is 26.9. The minimum atomic E-state index is -3.78. The lowest BCUT2D eigenvalue weighted by atomic mass is 10.2. The van der Waals surface area contributed by atoms with Crippen LogP contribution in [0.3, 0.4) is 0 Å². The number of amides is 1. The number of carbonyl (C=O) groups excluding carboxylic acids is 1. The molecular formula is C23H23Cl3N4O4S. The molecular weight excluding hydrogens is 535 g/mol. The SMILES string of the molecule is COc1ccc(N(CC(=O)N/N=C\c2cc(C)n(-c3cccc(Cl)c3Cl)c2C)S(C)(=O)=O)cc1Cl. The van der Waals surface area contributed by atoms with Crippen molar-refractivity contribution in [2.45, 2.75) is 13.8 Å². The van der Waals surface area contributed by atoms with Crippen molar-refractivity contribution in [1.29, 1.82) is 0 Å². The van der Waals surface area contributed by atoms with Crippen LogP contribution in [0.25, 0.3) is 5.69 Å². The standard InChI is InChI=1S/C23H23Cl3N4O4S/c1-14-10-16(15(2)30(14)20-7-5-6-18(24)23(20)26)12-27-28-22(31)13-29(35(4,32)33)17-8-9-21(34-3)19(25)11-17/h5-12H,13H2,1-4H3,(H,28,31)/b27-12-. The number of benzene rings is 2. The Labute approximate surface area is 219 Å². The fourth-order valence-electron chi connectivity index (χ4n) is 3.50. The summed E-state index contributed by atoms with van der Waals surface area (Å²) < 4.78 is 32.6. The van der Waals surface area contributed by atoms with Gasteiger partial charge in [-0.1, -0.05) is 40.9 Å². The van der Waals surface area contributed by atoms with Crippen molar-refractivity contribution in [3.8, 4) is 11.4 Å². The predicted molar refractivity (Wildman–Crippen MR) is 141 cm³/mol. The Morgan fingerprint density at radius 3 is 2.49 bits per heavy atom. The van der Waals surface area contributed by atoms with Crippen LogP contribution < -0.4 is 14.5 Å². The second-order valence-corrected chi connectivity index (χ2v) is 10.7. The normalized spacial score (nSPS) is 11.6. The zero-order valence-corrected chi connectivity index (χ0v) is 22.4. The monoisotopic (exact) mass is 556 g/mol. The lowest BCUT2D eigenvalue weighted by Gasteiger charge is -2.22. The highest BCUT2D eigenvalue weighted by molar-refractivity contribution is 7.92. The molecule has 0 fully saturated rings. The Kier molecular flexibility index (Phi) is 8.38. The molecule has 0 aliphatic heterocycles. The third kappa shape index (κ3) is 6.10. The minimum absolute atomic E-state index is 0.215. The molecule has 0 bridgehead atoms. The highest BCUT2D eigenvalue weighted by atomic mass is 35.5. The number of aromatic nitrogens is 1. The summed E-state index contributed by atoms with van der Waals surface area (Å²) in [5.74, 6) is -0.250. The van der Waals surface area contributed by atoms with E-state index in [0.29, 0.717) is 15.8 Å². The summed E-state index contributed by atoms with van der Waals surface area (Å²) in [6.07, 6.45) is 2.47. The largest absolute Gasteiger partial charge is 0.495 e. The number of ether oxygens (including phenoxy) is 1. The topological polar surface area (TPSA) is 93.0 Å². The Morgan fingerprint density at radius 1 is 1.14 bits per heavy atom. The maximum absolute atomic E-state index is 12.5. The van der Waals surface area contributed by atoms with Crippen LogP contribution in [0.1, 0.15) is 17.0 Å². The van der Waals surface area contributed by atoms with E-state index in [0.717, 1.165) is 33.2 Å². The lowest BCUT2D eigenvalue weighted by Crippen LogP contribution is -2.39. The van der Waals surface area contributed by atoms with Gasteiger partial charge < -0.3 is 9.30 Å². The van der Waals surface area contributed by atoms with Gasteiger partial charge in [-0.15, -0.1) is 0 Å². The second-order valence-electron chi connectivity index (χ2n) is 7.62. The fourth-order valence-corrected chi connectivity index (χ4v) is 4.98. The average Bonchev–Trinajstić information content (AvgIpc) is 3.06. The fraction of sp³-hybridized carbons (Fsp3) is 0.217. The lowest BCUT2D eigenvalue weighted by molar-refractivity contribution is -0.119. The van der Waals surface area contributed by atoms with Gasteiger partial charge in [0, 0.05) is 17.0 Å². The van der Waals surface area contributed by atoms with E-state index in [1.807, 2.05) is 30.5 Å². The van der Waals surface area contributed by atoms with E-state index in [2.05, 4.69) is 10.5 Å². The van der Waals surface area contributed by atoms with Gasteiger partial charge >= 0.3 is 0 Å². The zero-order chi connectivity index (χ0) is 25.9. The van der Waals surface area contributed by atoms with Crippen LogP contribution >= 0.6 is 34.8 Å². The van der Waals surface area contributed by atoms with Gasteiger partial charge in [0.15, 0.2) is 0 Å². The molecule has 3 rings (SSSR count). The third-order valence-corrected chi connectivity index (χ3v) is 7.39. The highest BCUT2D eigenvalue weighted by Crippen LogP contribution is 2.32. The molecule has 1 N–H and O–H groups in total. The van der Waals surface area contributed by atoms with Crippen molar-refractivity contribution in [2.24, 2.45) is 5.10 Å². The van der Waals surface area contributed by atoms with E-state index < -0.39 is 22.5 Å². The molecule has 0 aliphatic rings. The Balaban J connectivity index is 1.78. The number of anilines is 1.